The molecule has 0 aromatic carbocycles. The third-order valence-corrected chi connectivity index (χ3v) is 3.25. The van der Waals surface area contributed by atoms with Gasteiger partial charge < -0.3 is 4.90 Å². The molecule has 1 aromatic rings. The number of rotatable bonds is 1. The maximum absolute atomic E-state index is 12.9. The van der Waals surface area contributed by atoms with Gasteiger partial charge in [-0.3, -0.25) is 0 Å². The van der Waals surface area contributed by atoms with Crippen molar-refractivity contribution in [1.29, 1.82) is 0 Å². The Labute approximate surface area is 86.9 Å². The summed E-state index contributed by atoms with van der Waals surface area (Å²) in [6.45, 7) is 0.779. The molecule has 1 aromatic heterocycles. The summed E-state index contributed by atoms with van der Waals surface area (Å²) in [7, 11) is 1.90. The number of hydrogen-bond acceptors (Lipinski definition) is 3. The van der Waals surface area contributed by atoms with E-state index in [1.54, 1.807) is 12.4 Å². The van der Waals surface area contributed by atoms with Crippen molar-refractivity contribution < 1.29 is 8.78 Å². The van der Waals surface area contributed by atoms with Crippen molar-refractivity contribution in [2.24, 2.45) is 11.8 Å². The Morgan fingerprint density at radius 3 is 2.33 bits per heavy atom. The van der Waals surface area contributed by atoms with Gasteiger partial charge in [0.25, 0.3) is 5.92 Å². The van der Waals surface area contributed by atoms with Crippen LogP contribution in [0, 0.1) is 11.8 Å². The lowest BCUT2D eigenvalue weighted by molar-refractivity contribution is 0.0796. The number of halogens is 2. The molecule has 3 rings (SSSR count). The molecule has 2 unspecified atom stereocenters. The minimum absolute atomic E-state index is 0.390. The monoisotopic (exact) mass is 209 g/mol. The van der Waals surface area contributed by atoms with E-state index in [1.807, 2.05) is 12.7 Å². The first-order valence-electron chi connectivity index (χ1n) is 5.00. The molecule has 1 saturated heterocycles. The highest BCUT2D eigenvalue weighted by molar-refractivity contribution is 6.31. The van der Waals surface area contributed by atoms with Crippen molar-refractivity contribution in [2.75, 3.05) is 18.0 Å². The summed E-state index contributed by atoms with van der Waals surface area (Å²) in [4.78, 5) is 10.1. The van der Waals surface area contributed by atoms with E-state index in [0.29, 0.717) is 19.0 Å². The van der Waals surface area contributed by atoms with E-state index in [9.17, 15) is 8.78 Å². The first-order chi connectivity index (χ1) is 7.09. The Bertz CT molecular complexity index is 381. The van der Waals surface area contributed by atoms with Gasteiger partial charge in [-0.15, -0.1) is 0 Å². The fraction of sp³-hybridized carbons (Fsp3) is 0.556. The van der Waals surface area contributed by atoms with Crippen LogP contribution in [0.4, 0.5) is 14.7 Å². The summed E-state index contributed by atoms with van der Waals surface area (Å²) < 4.78 is 25.9. The topological polar surface area (TPSA) is 29.0 Å². The van der Waals surface area contributed by atoms with Crippen molar-refractivity contribution >= 4 is 19.3 Å². The summed E-state index contributed by atoms with van der Waals surface area (Å²) in [6.07, 6.45) is 3.43. The van der Waals surface area contributed by atoms with E-state index in [-0.39, 0.29) is 0 Å². The van der Waals surface area contributed by atoms with Crippen LogP contribution in [-0.4, -0.2) is 36.8 Å². The van der Waals surface area contributed by atoms with Crippen LogP contribution in [0.2, 0.25) is 0 Å². The van der Waals surface area contributed by atoms with Crippen molar-refractivity contribution in [1.82, 2.24) is 9.97 Å². The molecule has 2 aliphatic rings. The first kappa shape index (κ1) is 9.06. The van der Waals surface area contributed by atoms with Crippen LogP contribution in [-0.2, 0) is 0 Å². The Kier molecular flexibility index (Phi) is 1.62. The van der Waals surface area contributed by atoms with E-state index in [1.165, 1.54) is 0 Å². The number of nitrogens with zero attached hydrogens (tertiary/aromatic N) is 3. The zero-order valence-corrected chi connectivity index (χ0v) is 8.32. The van der Waals surface area contributed by atoms with Crippen LogP contribution in [0.3, 0.4) is 0 Å². The predicted octanol–water partition coefficient (Wildman–Crippen LogP) is -0.564. The van der Waals surface area contributed by atoms with Gasteiger partial charge in [0.15, 0.2) is 0 Å². The molecule has 2 fully saturated rings. The van der Waals surface area contributed by atoms with Crippen LogP contribution < -0.4 is 10.4 Å². The lowest BCUT2D eigenvalue weighted by Gasteiger charge is -2.19. The third-order valence-electron chi connectivity index (χ3n) is 3.25. The lowest BCUT2D eigenvalue weighted by Crippen LogP contribution is -2.29. The fourth-order valence-corrected chi connectivity index (χ4v) is 2.22. The van der Waals surface area contributed by atoms with Gasteiger partial charge in [0, 0.05) is 25.5 Å². The van der Waals surface area contributed by atoms with Crippen molar-refractivity contribution in [3.05, 3.63) is 12.4 Å². The second kappa shape index (κ2) is 2.68. The van der Waals surface area contributed by atoms with Gasteiger partial charge in [0.05, 0.1) is 11.8 Å². The zero-order chi connectivity index (χ0) is 10.6. The van der Waals surface area contributed by atoms with Crippen molar-refractivity contribution in [3.63, 3.8) is 0 Å². The molecule has 0 radical (unpaired) electrons. The van der Waals surface area contributed by atoms with Crippen LogP contribution in [0.25, 0.3) is 0 Å². The second-order valence-electron chi connectivity index (χ2n) is 4.35. The fourth-order valence-electron chi connectivity index (χ4n) is 2.22. The zero-order valence-electron chi connectivity index (χ0n) is 8.32. The molecule has 2 atom stereocenters. The maximum atomic E-state index is 12.9. The Balaban J connectivity index is 1.75. The summed E-state index contributed by atoms with van der Waals surface area (Å²) in [5, 5.41) is 0. The number of fused-ring (bicyclic) bond motifs is 1. The molecule has 78 valence electrons. The quantitative estimate of drug-likeness (QED) is 0.580. The summed E-state index contributed by atoms with van der Waals surface area (Å²) >= 11 is 0. The van der Waals surface area contributed by atoms with Crippen LogP contribution in [0.1, 0.15) is 0 Å². The number of hydrogen-bond donors (Lipinski definition) is 0. The number of anilines is 1. The largest absolute Gasteiger partial charge is 0.340 e. The van der Waals surface area contributed by atoms with Gasteiger partial charge in [-0.05, 0) is 0 Å². The van der Waals surface area contributed by atoms with Crippen molar-refractivity contribution in [2.45, 2.75) is 5.92 Å². The van der Waals surface area contributed by atoms with E-state index < -0.39 is 17.8 Å². The minimum atomic E-state index is -2.43. The molecule has 6 heteroatoms. The average Bonchev–Trinajstić information content (AvgIpc) is 2.64. The Hall–Kier alpha value is -1.20. The molecular weight excluding hydrogens is 199 g/mol. The Morgan fingerprint density at radius 1 is 1.27 bits per heavy atom. The first-order valence-corrected chi connectivity index (χ1v) is 5.00. The standard InChI is InChI=1S/C9H10BF2N3/c10-5-1-13-8(14-2-5)15-3-6-7(4-15)9(6,11)12/h1-2,6-7H,3-4,10H2. The molecule has 0 spiro atoms. The summed E-state index contributed by atoms with van der Waals surface area (Å²) in [5.41, 5.74) is 0.980. The third kappa shape index (κ3) is 1.23. The normalized spacial score (nSPS) is 31.5. The predicted molar refractivity (Wildman–Crippen MR) is 54.4 cm³/mol. The van der Waals surface area contributed by atoms with Gasteiger partial charge in [0.1, 0.15) is 7.85 Å². The minimum Gasteiger partial charge on any atom is -0.340 e. The highest BCUT2D eigenvalue weighted by Gasteiger charge is 2.71. The van der Waals surface area contributed by atoms with E-state index in [2.05, 4.69) is 9.97 Å². The molecule has 0 bridgehead atoms. The van der Waals surface area contributed by atoms with Gasteiger partial charge in [-0.25, -0.2) is 18.7 Å². The van der Waals surface area contributed by atoms with E-state index >= 15 is 0 Å². The number of piperidine rings is 1. The van der Waals surface area contributed by atoms with Gasteiger partial charge >= 0.3 is 0 Å². The Morgan fingerprint density at radius 2 is 1.80 bits per heavy atom. The van der Waals surface area contributed by atoms with Gasteiger partial charge in [-0.2, -0.15) is 0 Å². The van der Waals surface area contributed by atoms with E-state index in [4.69, 9.17) is 0 Å². The molecule has 15 heavy (non-hydrogen) atoms. The molecule has 1 aliphatic carbocycles. The smallest absolute Gasteiger partial charge is 0.258 e. The SMILES string of the molecule is Bc1cnc(N2CC3C(C2)C3(F)F)nc1. The average molecular weight is 209 g/mol. The van der Waals surface area contributed by atoms with Crippen LogP contribution >= 0.6 is 0 Å². The van der Waals surface area contributed by atoms with Crippen LogP contribution in [0.15, 0.2) is 12.4 Å². The highest BCUT2D eigenvalue weighted by atomic mass is 19.3. The lowest BCUT2D eigenvalue weighted by atomic mass is 10.0. The molecule has 0 amide bonds. The molecule has 3 nitrogen and oxygen atoms in total. The summed E-state index contributed by atoms with van der Waals surface area (Å²) in [6, 6.07) is 0. The molecule has 0 N–H and O–H groups in total. The van der Waals surface area contributed by atoms with E-state index in [0.717, 1.165) is 5.46 Å². The number of aromatic nitrogens is 2. The molecule has 2 heterocycles. The molecule has 1 aliphatic heterocycles. The van der Waals surface area contributed by atoms with Gasteiger partial charge in [-0.1, -0.05) is 5.46 Å². The molecular formula is C9H10BF2N3. The maximum Gasteiger partial charge on any atom is 0.258 e. The second-order valence-corrected chi connectivity index (χ2v) is 4.35. The van der Waals surface area contributed by atoms with Crippen molar-refractivity contribution in [3.8, 4) is 0 Å². The van der Waals surface area contributed by atoms with Crippen LogP contribution in [0.5, 0.6) is 0 Å². The van der Waals surface area contributed by atoms with Gasteiger partial charge in [0.2, 0.25) is 5.95 Å². The highest BCUT2D eigenvalue weighted by Crippen LogP contribution is 2.59. The number of alkyl halides is 2. The molecule has 1 saturated carbocycles. The summed E-state index contributed by atoms with van der Waals surface area (Å²) in [5.74, 6) is -2.80.